The Hall–Kier alpha value is -5.91. The molecule has 2 aromatic carbocycles. The Morgan fingerprint density at radius 2 is 1.42 bits per heavy atom. The molecule has 9 amide bonds. The lowest BCUT2D eigenvalue weighted by molar-refractivity contribution is -0.142. The van der Waals surface area contributed by atoms with Gasteiger partial charge in [-0.2, -0.15) is 0 Å². The van der Waals surface area contributed by atoms with E-state index in [0.29, 0.717) is 68.6 Å². The third-order valence-corrected chi connectivity index (χ3v) is 17.0. The first kappa shape index (κ1) is 60.9. The molecule has 1 saturated carbocycles. The zero-order valence-electron chi connectivity index (χ0n) is 44.0. The molecule has 2 aliphatic heterocycles. The highest BCUT2D eigenvalue weighted by molar-refractivity contribution is 8.77. The second-order valence-electron chi connectivity index (χ2n) is 20.1. The van der Waals surface area contributed by atoms with Crippen molar-refractivity contribution in [2.24, 2.45) is 23.1 Å². The summed E-state index contributed by atoms with van der Waals surface area (Å²) in [6.45, 7) is 6.59. The Balaban J connectivity index is 1.52. The van der Waals surface area contributed by atoms with Crippen LogP contribution in [0.5, 0.6) is 5.75 Å². The first-order valence-electron chi connectivity index (χ1n) is 26.6. The summed E-state index contributed by atoms with van der Waals surface area (Å²) in [6.07, 6.45) is 5.37. The highest BCUT2D eigenvalue weighted by atomic mass is 33.1. The van der Waals surface area contributed by atoms with Crippen molar-refractivity contribution in [1.29, 1.82) is 0 Å². The summed E-state index contributed by atoms with van der Waals surface area (Å²) in [5, 5.41) is 19.6. The van der Waals surface area contributed by atoms with Gasteiger partial charge in [-0.05, 0) is 87.6 Å². The van der Waals surface area contributed by atoms with E-state index in [0.717, 1.165) is 19.3 Å². The molecule has 2 heterocycles. The van der Waals surface area contributed by atoms with E-state index in [1.54, 1.807) is 62.4 Å². The smallest absolute Gasteiger partial charge is 0.246 e. The molecule has 76 heavy (non-hydrogen) atoms. The Morgan fingerprint density at radius 1 is 0.776 bits per heavy atom. The summed E-state index contributed by atoms with van der Waals surface area (Å²) >= 11 is 0. The third kappa shape index (κ3) is 18.7. The molecular formula is C53H79N11O10S2. The van der Waals surface area contributed by atoms with Crippen LogP contribution in [0, 0.1) is 5.92 Å². The zero-order valence-corrected chi connectivity index (χ0v) is 45.7. The Bertz CT molecular complexity index is 2290. The minimum Gasteiger partial charge on any atom is -0.494 e. The highest BCUT2D eigenvalue weighted by Crippen LogP contribution is 2.48. The van der Waals surface area contributed by atoms with Crippen LogP contribution in [0.2, 0.25) is 0 Å². The van der Waals surface area contributed by atoms with E-state index in [1.807, 2.05) is 13.0 Å². The second-order valence-corrected chi connectivity index (χ2v) is 22.9. The molecule has 1 aliphatic carbocycles. The monoisotopic (exact) mass is 1090 g/mol. The van der Waals surface area contributed by atoms with Crippen molar-refractivity contribution in [1.82, 2.24) is 42.1 Å². The van der Waals surface area contributed by atoms with Crippen LogP contribution in [0.4, 0.5) is 0 Å². The fraction of sp³-hybridized carbons (Fsp3) is 0.604. The molecular weight excluding hydrogens is 1010 g/mol. The van der Waals surface area contributed by atoms with Crippen LogP contribution in [-0.2, 0) is 56.0 Å². The molecule has 23 heteroatoms. The molecule has 3 aliphatic rings. The number of amides is 9. The number of nitrogens with two attached hydrogens (primary N) is 3. The highest BCUT2D eigenvalue weighted by Gasteiger charge is 2.42. The van der Waals surface area contributed by atoms with Crippen molar-refractivity contribution in [3.63, 3.8) is 0 Å². The SMILES string of the molecule is CCOc1ccc(CC2NC(=O)CC3(CCCCC3)SSCC(C(=O)N3CCC[C@H]3C(=O)N[C@H](CCCCN)C(=O)NCCN)NC(=O)[C@H](CC(N)=O)NC(=O)[C@H](C(C)C)NC(=O)C(Cc3ccccc3)NC2=O)cc1. The summed E-state index contributed by atoms with van der Waals surface area (Å²) in [4.78, 5) is 129. The lowest BCUT2D eigenvalue weighted by Gasteiger charge is -2.37. The number of likely N-dealkylation sites (tertiary alicyclic amines) is 1. The van der Waals surface area contributed by atoms with Gasteiger partial charge >= 0.3 is 0 Å². The number of primary amides is 1. The largest absolute Gasteiger partial charge is 0.494 e. The number of ether oxygens (including phenoxy) is 1. The molecule has 0 aromatic heterocycles. The quantitative estimate of drug-likeness (QED) is 0.0694. The molecule has 418 valence electrons. The van der Waals surface area contributed by atoms with Gasteiger partial charge < -0.3 is 64.1 Å². The molecule has 2 aromatic rings. The molecule has 13 N–H and O–H groups in total. The van der Waals surface area contributed by atoms with E-state index >= 15 is 0 Å². The van der Waals surface area contributed by atoms with E-state index < -0.39 is 113 Å². The Kier molecular flexibility index (Phi) is 24.6. The minimum absolute atomic E-state index is 0.000905. The molecule has 0 radical (unpaired) electrons. The standard InChI is InChI=1S/C53H79N11O10S2/c1-4-74-36-20-18-35(19-21-36)29-38-47(68)60-39(28-34-14-7-5-8-15-34)49(70)63-45(33(2)3)51(72)61-40(30-43(56)65)48(69)62-41(32-75-76-53(31-44(66)58-38)22-10-6-11-23-53)52(73)64-27-13-17-42(64)50(71)59-37(16-9-12-24-54)46(67)57-26-25-55/h5,7-8,14-15,18-21,33,37-42,45H,4,6,9-13,16-17,22-32,54-55H2,1-3H3,(H2,56,65)(H,57,67)(H,58,66)(H,59,71)(H,60,68)(H,61,72)(H,62,69)(H,63,70)/t37-,38?,39?,40+,41?,42+,45+/m1/s1. The number of unbranched alkanes of at least 4 members (excludes halogenated alkanes) is 1. The maximum atomic E-state index is 14.9. The summed E-state index contributed by atoms with van der Waals surface area (Å²) in [6, 6.07) is 7.53. The van der Waals surface area contributed by atoms with E-state index in [-0.39, 0.29) is 51.1 Å². The van der Waals surface area contributed by atoms with Gasteiger partial charge in [0, 0.05) is 49.4 Å². The van der Waals surface area contributed by atoms with Gasteiger partial charge in [0.05, 0.1) is 13.0 Å². The van der Waals surface area contributed by atoms with Gasteiger partial charge in [0.1, 0.15) is 48.0 Å². The van der Waals surface area contributed by atoms with Crippen molar-refractivity contribution < 1.29 is 47.9 Å². The Labute approximate surface area is 453 Å². The summed E-state index contributed by atoms with van der Waals surface area (Å²) < 4.78 is 4.97. The molecule has 7 atom stereocenters. The molecule has 2 saturated heterocycles. The maximum absolute atomic E-state index is 14.9. The number of benzene rings is 2. The first-order valence-corrected chi connectivity index (χ1v) is 28.9. The fourth-order valence-corrected chi connectivity index (χ4v) is 13.0. The van der Waals surface area contributed by atoms with E-state index in [2.05, 4.69) is 37.2 Å². The van der Waals surface area contributed by atoms with Gasteiger partial charge in [-0.3, -0.25) is 43.2 Å². The van der Waals surface area contributed by atoms with Crippen LogP contribution < -0.4 is 59.2 Å². The number of nitrogens with one attached hydrogen (secondary N) is 7. The lowest BCUT2D eigenvalue weighted by Crippen LogP contribution is -2.61. The second kappa shape index (κ2) is 30.7. The van der Waals surface area contributed by atoms with Crippen molar-refractivity contribution in [2.75, 3.05) is 38.5 Å². The molecule has 21 nitrogen and oxygen atoms in total. The molecule has 0 bridgehead atoms. The van der Waals surface area contributed by atoms with Gasteiger partial charge in [0.15, 0.2) is 0 Å². The van der Waals surface area contributed by atoms with Crippen LogP contribution in [0.25, 0.3) is 0 Å². The minimum atomic E-state index is -1.61. The summed E-state index contributed by atoms with van der Waals surface area (Å²) in [5.41, 5.74) is 18.4. The predicted molar refractivity (Wildman–Crippen MR) is 292 cm³/mol. The van der Waals surface area contributed by atoms with Crippen LogP contribution in [0.15, 0.2) is 54.6 Å². The average Bonchev–Trinajstić information content (AvgIpc) is 3.90. The van der Waals surface area contributed by atoms with E-state index in [4.69, 9.17) is 21.9 Å². The Morgan fingerprint density at radius 3 is 2.07 bits per heavy atom. The molecule has 1 spiro atoms. The van der Waals surface area contributed by atoms with Gasteiger partial charge in [-0.15, -0.1) is 0 Å². The summed E-state index contributed by atoms with van der Waals surface area (Å²) in [5.74, 6) is -6.11. The average molecular weight is 1090 g/mol. The van der Waals surface area contributed by atoms with Gasteiger partial charge in [-0.25, -0.2) is 0 Å². The number of carbonyl (C=O) groups is 9. The predicted octanol–water partition coefficient (Wildman–Crippen LogP) is 0.994. The van der Waals surface area contributed by atoms with Crippen molar-refractivity contribution in [3.8, 4) is 5.75 Å². The van der Waals surface area contributed by atoms with Crippen molar-refractivity contribution >= 4 is 74.8 Å². The van der Waals surface area contributed by atoms with E-state index in [1.165, 1.54) is 26.5 Å². The number of rotatable bonds is 19. The molecule has 3 unspecified atom stereocenters. The lowest BCUT2D eigenvalue weighted by atomic mass is 9.85. The van der Waals surface area contributed by atoms with Crippen LogP contribution in [0.3, 0.4) is 0 Å². The zero-order chi connectivity index (χ0) is 55.2. The summed E-state index contributed by atoms with van der Waals surface area (Å²) in [7, 11) is 2.67. The molecule has 3 fully saturated rings. The number of nitrogens with zero attached hydrogens (tertiary/aromatic N) is 1. The number of hydrogen-bond acceptors (Lipinski definition) is 14. The van der Waals surface area contributed by atoms with Crippen molar-refractivity contribution in [2.45, 2.75) is 158 Å². The van der Waals surface area contributed by atoms with Crippen molar-refractivity contribution in [3.05, 3.63) is 65.7 Å². The fourth-order valence-electron chi connectivity index (χ4n) is 9.67. The van der Waals surface area contributed by atoms with Crippen LogP contribution in [0.1, 0.15) is 109 Å². The topological polar surface area (TPSA) is 328 Å². The van der Waals surface area contributed by atoms with Gasteiger partial charge in [-0.1, -0.05) is 97.2 Å². The normalized spacial score (nSPS) is 23.5. The van der Waals surface area contributed by atoms with Crippen LogP contribution >= 0.6 is 21.6 Å². The third-order valence-electron chi connectivity index (χ3n) is 13.7. The maximum Gasteiger partial charge on any atom is 0.246 e. The van der Waals surface area contributed by atoms with Gasteiger partial charge in [0.25, 0.3) is 0 Å². The molecule has 5 rings (SSSR count). The van der Waals surface area contributed by atoms with Crippen LogP contribution in [-0.4, -0.2) is 144 Å². The van der Waals surface area contributed by atoms with Gasteiger partial charge in [0.2, 0.25) is 53.2 Å². The van der Waals surface area contributed by atoms with E-state index in [9.17, 15) is 43.2 Å². The number of carbonyl (C=O) groups excluding carboxylic acids is 9. The first-order chi connectivity index (χ1) is 36.5. The number of hydrogen-bond donors (Lipinski definition) is 10.